The third kappa shape index (κ3) is 4.03. The van der Waals surface area contributed by atoms with Crippen molar-refractivity contribution in [3.05, 3.63) is 71.8 Å². The number of thioether (sulfide) groups is 1. The first-order valence-electron chi connectivity index (χ1n) is 8.65. The Morgan fingerprint density at radius 2 is 1.86 bits per heavy atom. The summed E-state index contributed by atoms with van der Waals surface area (Å²) >= 11 is 7.21. The molecule has 140 valence electrons. The van der Waals surface area contributed by atoms with Crippen molar-refractivity contribution in [2.45, 2.75) is 17.4 Å². The molecule has 5 nitrogen and oxygen atoms in total. The van der Waals surface area contributed by atoms with Crippen molar-refractivity contribution in [2.24, 2.45) is 0 Å². The Morgan fingerprint density at radius 3 is 2.71 bits per heavy atom. The van der Waals surface area contributed by atoms with Crippen LogP contribution in [0, 0.1) is 0 Å². The first-order valence-corrected chi connectivity index (χ1v) is 9.90. The highest BCUT2D eigenvalue weighted by molar-refractivity contribution is 8.00. The molecule has 28 heavy (non-hydrogen) atoms. The number of anilines is 1. The van der Waals surface area contributed by atoms with Crippen LogP contribution in [0.4, 0.5) is 5.69 Å². The molecule has 1 amide bonds. The summed E-state index contributed by atoms with van der Waals surface area (Å²) < 4.78 is 5.67. The highest BCUT2D eigenvalue weighted by atomic mass is 35.5. The molecule has 0 fully saturated rings. The van der Waals surface area contributed by atoms with Gasteiger partial charge in [-0.25, -0.2) is 0 Å². The average molecular weight is 410 g/mol. The molecule has 0 saturated carbocycles. The second kappa shape index (κ2) is 8.04. The molecule has 0 bridgehead atoms. The van der Waals surface area contributed by atoms with Gasteiger partial charge in [0, 0.05) is 21.7 Å². The number of rotatable bonds is 5. The summed E-state index contributed by atoms with van der Waals surface area (Å²) in [6.07, 6.45) is 0. The Kier molecular flexibility index (Phi) is 5.32. The standard InChI is InChI=1S/C21H16ClN3O2S/c1-13(19(26)23-18-11-5-7-14-6-2-3-10-17(14)18)28-21-25-24-20(27-21)15-8-4-9-16(22)12-15/h2-13H,1H3,(H,23,26)/t13-/m1/s1. The number of benzene rings is 3. The van der Waals surface area contributed by atoms with Crippen LogP contribution in [0.5, 0.6) is 0 Å². The summed E-state index contributed by atoms with van der Waals surface area (Å²) in [6, 6.07) is 20.9. The van der Waals surface area contributed by atoms with E-state index in [9.17, 15) is 4.79 Å². The molecule has 1 N–H and O–H groups in total. The van der Waals surface area contributed by atoms with E-state index in [4.69, 9.17) is 16.0 Å². The van der Waals surface area contributed by atoms with Crippen LogP contribution in [-0.2, 0) is 4.79 Å². The first-order chi connectivity index (χ1) is 13.6. The van der Waals surface area contributed by atoms with Gasteiger partial charge in [-0.05, 0) is 36.6 Å². The molecule has 0 radical (unpaired) electrons. The summed E-state index contributed by atoms with van der Waals surface area (Å²) in [5.41, 5.74) is 1.51. The van der Waals surface area contributed by atoms with Gasteiger partial charge in [0.25, 0.3) is 5.22 Å². The van der Waals surface area contributed by atoms with Gasteiger partial charge in [0.1, 0.15) is 0 Å². The van der Waals surface area contributed by atoms with E-state index in [0.717, 1.165) is 22.0 Å². The van der Waals surface area contributed by atoms with Gasteiger partial charge in [-0.3, -0.25) is 4.79 Å². The molecule has 4 rings (SSSR count). The zero-order valence-electron chi connectivity index (χ0n) is 14.9. The van der Waals surface area contributed by atoms with E-state index in [1.54, 1.807) is 19.1 Å². The minimum atomic E-state index is -0.411. The lowest BCUT2D eigenvalue weighted by molar-refractivity contribution is -0.115. The van der Waals surface area contributed by atoms with Crippen molar-refractivity contribution in [1.29, 1.82) is 0 Å². The van der Waals surface area contributed by atoms with Crippen molar-refractivity contribution in [3.63, 3.8) is 0 Å². The molecule has 7 heteroatoms. The van der Waals surface area contributed by atoms with Crippen LogP contribution in [0.15, 0.2) is 76.4 Å². The van der Waals surface area contributed by atoms with Gasteiger partial charge >= 0.3 is 0 Å². The highest BCUT2D eigenvalue weighted by Crippen LogP contribution is 2.29. The predicted octanol–water partition coefficient (Wildman–Crippen LogP) is 5.66. The molecule has 0 spiro atoms. The Balaban J connectivity index is 1.46. The largest absolute Gasteiger partial charge is 0.411 e. The van der Waals surface area contributed by atoms with Gasteiger partial charge in [0.2, 0.25) is 11.8 Å². The van der Waals surface area contributed by atoms with Gasteiger partial charge < -0.3 is 9.73 Å². The number of carbonyl (C=O) groups is 1. The van der Waals surface area contributed by atoms with Crippen LogP contribution in [0.1, 0.15) is 6.92 Å². The molecule has 4 aromatic rings. The van der Waals surface area contributed by atoms with Gasteiger partial charge in [0.05, 0.1) is 5.25 Å². The number of hydrogen-bond donors (Lipinski definition) is 1. The van der Waals surface area contributed by atoms with Crippen LogP contribution < -0.4 is 5.32 Å². The second-order valence-corrected chi connectivity index (χ2v) is 7.89. The van der Waals surface area contributed by atoms with Crippen molar-refractivity contribution in [1.82, 2.24) is 10.2 Å². The number of halogens is 1. The third-order valence-corrected chi connectivity index (χ3v) is 5.34. The maximum atomic E-state index is 12.6. The number of nitrogens with zero attached hydrogens (tertiary/aromatic N) is 2. The zero-order chi connectivity index (χ0) is 19.5. The number of carbonyl (C=O) groups excluding carboxylic acids is 1. The number of aromatic nitrogens is 2. The van der Waals surface area contributed by atoms with Crippen LogP contribution >= 0.6 is 23.4 Å². The number of fused-ring (bicyclic) bond motifs is 1. The third-order valence-electron chi connectivity index (χ3n) is 4.17. The monoisotopic (exact) mass is 409 g/mol. The minimum Gasteiger partial charge on any atom is -0.411 e. The van der Waals surface area contributed by atoms with Crippen LogP contribution in [0.3, 0.4) is 0 Å². The lowest BCUT2D eigenvalue weighted by Crippen LogP contribution is -2.22. The van der Waals surface area contributed by atoms with E-state index in [-0.39, 0.29) is 5.91 Å². The first kappa shape index (κ1) is 18.5. The van der Waals surface area contributed by atoms with E-state index in [0.29, 0.717) is 16.1 Å². The van der Waals surface area contributed by atoms with Gasteiger partial charge in [-0.1, -0.05) is 65.8 Å². The minimum absolute atomic E-state index is 0.135. The topological polar surface area (TPSA) is 68.0 Å². The molecule has 0 unspecified atom stereocenters. The van der Waals surface area contributed by atoms with Crippen molar-refractivity contribution in [2.75, 3.05) is 5.32 Å². The molecule has 0 aliphatic rings. The Labute approximate surface area is 171 Å². The molecular weight excluding hydrogens is 394 g/mol. The zero-order valence-corrected chi connectivity index (χ0v) is 16.5. The smallest absolute Gasteiger partial charge is 0.277 e. The Morgan fingerprint density at radius 1 is 1.07 bits per heavy atom. The van der Waals surface area contributed by atoms with Gasteiger partial charge in [-0.15, -0.1) is 10.2 Å². The molecule has 0 saturated heterocycles. The lowest BCUT2D eigenvalue weighted by Gasteiger charge is -2.12. The fourth-order valence-corrected chi connectivity index (χ4v) is 3.64. The fraction of sp³-hybridized carbons (Fsp3) is 0.0952. The highest BCUT2D eigenvalue weighted by Gasteiger charge is 2.19. The SMILES string of the molecule is C[C@@H](Sc1nnc(-c2cccc(Cl)c2)o1)C(=O)Nc1cccc2ccccc12. The molecule has 0 aliphatic carbocycles. The second-order valence-electron chi connectivity index (χ2n) is 6.16. The Bertz CT molecular complexity index is 1140. The van der Waals surface area contributed by atoms with Gasteiger partial charge in [0.15, 0.2) is 0 Å². The summed E-state index contributed by atoms with van der Waals surface area (Å²) in [4.78, 5) is 12.6. The molecule has 1 aromatic heterocycles. The maximum absolute atomic E-state index is 12.6. The maximum Gasteiger partial charge on any atom is 0.277 e. The number of hydrogen-bond acceptors (Lipinski definition) is 5. The van der Waals surface area contributed by atoms with E-state index in [1.165, 1.54) is 11.8 Å². The molecule has 0 aliphatic heterocycles. The van der Waals surface area contributed by atoms with Crippen LogP contribution in [0.2, 0.25) is 5.02 Å². The number of amides is 1. The lowest BCUT2D eigenvalue weighted by atomic mass is 10.1. The molecule has 1 heterocycles. The summed E-state index contributed by atoms with van der Waals surface area (Å²) in [7, 11) is 0. The van der Waals surface area contributed by atoms with E-state index in [1.807, 2.05) is 54.6 Å². The molecular formula is C21H16ClN3O2S. The Hall–Kier alpha value is -2.83. The number of nitrogens with one attached hydrogen (secondary N) is 1. The van der Waals surface area contributed by atoms with Crippen molar-refractivity contribution >= 4 is 45.7 Å². The molecule has 3 aromatic carbocycles. The summed E-state index contributed by atoms with van der Waals surface area (Å²) in [6.45, 7) is 1.80. The normalized spacial score (nSPS) is 12.1. The van der Waals surface area contributed by atoms with Crippen molar-refractivity contribution in [3.8, 4) is 11.5 Å². The van der Waals surface area contributed by atoms with Crippen LogP contribution in [-0.4, -0.2) is 21.4 Å². The van der Waals surface area contributed by atoms with Gasteiger partial charge in [-0.2, -0.15) is 0 Å². The van der Waals surface area contributed by atoms with E-state index >= 15 is 0 Å². The van der Waals surface area contributed by atoms with E-state index < -0.39 is 5.25 Å². The molecule has 1 atom stereocenters. The average Bonchev–Trinajstić information content (AvgIpc) is 3.17. The predicted molar refractivity (Wildman–Crippen MR) is 113 cm³/mol. The fourth-order valence-electron chi connectivity index (χ4n) is 2.77. The summed E-state index contributed by atoms with van der Waals surface area (Å²) in [5.74, 6) is 0.232. The van der Waals surface area contributed by atoms with E-state index in [2.05, 4.69) is 15.5 Å². The quantitative estimate of drug-likeness (QED) is 0.430. The van der Waals surface area contributed by atoms with Crippen LogP contribution in [0.25, 0.3) is 22.2 Å². The van der Waals surface area contributed by atoms with Crippen molar-refractivity contribution < 1.29 is 9.21 Å². The summed E-state index contributed by atoms with van der Waals surface area (Å²) in [5, 5.41) is 13.6.